The monoisotopic (exact) mass is 438 g/mol. The highest BCUT2D eigenvalue weighted by Crippen LogP contribution is 2.44. The van der Waals surface area contributed by atoms with Crippen molar-refractivity contribution < 1.29 is 18.7 Å². The molecule has 164 valence electrons. The zero-order valence-electron chi connectivity index (χ0n) is 17.9. The van der Waals surface area contributed by atoms with Gasteiger partial charge in [-0.2, -0.15) is 5.26 Å². The number of allylic oxidation sites excluding steroid dienone is 2. The van der Waals surface area contributed by atoms with E-state index in [9.17, 15) is 14.9 Å². The highest BCUT2D eigenvalue weighted by Gasteiger charge is 2.40. The van der Waals surface area contributed by atoms with Crippen molar-refractivity contribution in [1.29, 1.82) is 5.26 Å². The smallest absolute Gasteiger partial charge is 0.310 e. The molecular formula is C27H22N2O4. The summed E-state index contributed by atoms with van der Waals surface area (Å²) in [5.74, 6) is 0.0978. The van der Waals surface area contributed by atoms with Gasteiger partial charge in [-0.05, 0) is 30.2 Å². The summed E-state index contributed by atoms with van der Waals surface area (Å²) in [4.78, 5) is 25.0. The number of fused-ring (bicyclic) bond motifs is 2. The number of anilines is 1. The van der Waals surface area contributed by atoms with E-state index in [-0.39, 0.29) is 29.3 Å². The molecule has 2 aromatic carbocycles. The zero-order valence-corrected chi connectivity index (χ0v) is 17.9. The molecule has 1 aromatic heterocycles. The first kappa shape index (κ1) is 20.8. The van der Waals surface area contributed by atoms with E-state index in [4.69, 9.17) is 9.15 Å². The number of benzene rings is 2. The number of carbonyl (C=O) groups excluding carboxylic acids is 2. The summed E-state index contributed by atoms with van der Waals surface area (Å²) in [6.45, 7) is -0.427. The first-order chi connectivity index (χ1) is 16.1. The van der Waals surface area contributed by atoms with Crippen LogP contribution in [0.25, 0.3) is 22.5 Å². The molecule has 6 heteroatoms. The fourth-order valence-corrected chi connectivity index (χ4v) is 4.76. The molecule has 1 N–H and O–H groups in total. The third-order valence-corrected chi connectivity index (χ3v) is 6.30. The number of nitrogens with zero attached hydrogens (tertiary/aromatic N) is 1. The quantitative estimate of drug-likeness (QED) is 0.423. The fraction of sp³-hybridized carbons (Fsp3) is 0.222. The molecule has 0 radical (unpaired) electrons. The van der Waals surface area contributed by atoms with Crippen molar-refractivity contribution in [2.24, 2.45) is 17.8 Å². The van der Waals surface area contributed by atoms with Gasteiger partial charge in [0.1, 0.15) is 17.4 Å². The number of esters is 1. The number of rotatable bonds is 6. The molecule has 2 aliphatic carbocycles. The molecule has 2 aliphatic rings. The molecule has 3 aromatic rings. The normalized spacial score (nSPS) is 20.4. The number of furan rings is 1. The molecule has 1 fully saturated rings. The molecule has 1 amide bonds. The van der Waals surface area contributed by atoms with Crippen LogP contribution in [0.5, 0.6) is 0 Å². The van der Waals surface area contributed by atoms with Gasteiger partial charge in [0.05, 0.1) is 5.92 Å². The summed E-state index contributed by atoms with van der Waals surface area (Å²) in [7, 11) is 0. The molecule has 2 bridgehead atoms. The molecule has 33 heavy (non-hydrogen) atoms. The lowest BCUT2D eigenvalue weighted by Crippen LogP contribution is -2.26. The molecule has 1 heterocycles. The lowest BCUT2D eigenvalue weighted by molar-refractivity contribution is -0.152. The van der Waals surface area contributed by atoms with E-state index in [0.29, 0.717) is 17.2 Å². The third kappa shape index (κ3) is 4.06. The predicted molar refractivity (Wildman–Crippen MR) is 123 cm³/mol. The zero-order chi connectivity index (χ0) is 22.8. The van der Waals surface area contributed by atoms with Crippen LogP contribution in [0, 0.1) is 29.1 Å². The molecule has 0 aliphatic heterocycles. The molecule has 0 spiro atoms. The lowest BCUT2D eigenvalue weighted by atomic mass is 9.94. The van der Waals surface area contributed by atoms with E-state index >= 15 is 0 Å². The van der Waals surface area contributed by atoms with Crippen LogP contribution < -0.4 is 5.32 Å². The van der Waals surface area contributed by atoms with Crippen molar-refractivity contribution in [3.63, 3.8) is 0 Å². The number of ether oxygens (including phenoxy) is 1. The van der Waals surface area contributed by atoms with E-state index in [0.717, 1.165) is 24.0 Å². The van der Waals surface area contributed by atoms with Gasteiger partial charge < -0.3 is 9.15 Å². The number of hydrogen-bond acceptors (Lipinski definition) is 5. The van der Waals surface area contributed by atoms with E-state index in [2.05, 4.69) is 23.5 Å². The van der Waals surface area contributed by atoms with Crippen LogP contribution in [0.1, 0.15) is 18.4 Å². The minimum Gasteiger partial charge on any atom is -0.455 e. The fourth-order valence-electron chi connectivity index (χ4n) is 4.76. The first-order valence-electron chi connectivity index (χ1n) is 11.0. The maximum absolute atomic E-state index is 12.6. The second-order valence-electron chi connectivity index (χ2n) is 8.40. The second kappa shape index (κ2) is 8.79. The van der Waals surface area contributed by atoms with Crippen molar-refractivity contribution in [2.45, 2.75) is 12.8 Å². The molecule has 1 saturated carbocycles. The van der Waals surface area contributed by atoms with E-state index < -0.39 is 12.5 Å². The number of carbonyl (C=O) groups is 2. The van der Waals surface area contributed by atoms with Crippen LogP contribution in [0.15, 0.2) is 77.2 Å². The Kier molecular flexibility index (Phi) is 5.54. The summed E-state index contributed by atoms with van der Waals surface area (Å²) < 4.78 is 11.3. The number of amides is 1. The van der Waals surface area contributed by atoms with Crippen LogP contribution in [0.3, 0.4) is 0 Å². The molecule has 0 saturated heterocycles. The Morgan fingerprint density at radius 1 is 1.00 bits per heavy atom. The van der Waals surface area contributed by atoms with Crippen LogP contribution in [-0.4, -0.2) is 18.5 Å². The Morgan fingerprint density at radius 2 is 1.70 bits per heavy atom. The predicted octanol–water partition coefficient (Wildman–Crippen LogP) is 5.18. The minimum atomic E-state index is -0.550. The summed E-state index contributed by atoms with van der Waals surface area (Å²) in [6, 6.07) is 21.0. The second-order valence-corrected chi connectivity index (χ2v) is 8.40. The Balaban J connectivity index is 1.37. The van der Waals surface area contributed by atoms with Gasteiger partial charge in [0.25, 0.3) is 5.91 Å². The van der Waals surface area contributed by atoms with Gasteiger partial charge in [-0.3, -0.25) is 14.9 Å². The van der Waals surface area contributed by atoms with Crippen molar-refractivity contribution in [2.75, 3.05) is 11.9 Å². The molecular weight excluding hydrogens is 416 g/mol. The van der Waals surface area contributed by atoms with E-state index in [1.165, 1.54) is 0 Å². The van der Waals surface area contributed by atoms with Crippen LogP contribution in [0.2, 0.25) is 0 Å². The maximum atomic E-state index is 12.6. The topological polar surface area (TPSA) is 92.3 Å². The summed E-state index contributed by atoms with van der Waals surface area (Å²) in [5, 5.41) is 12.5. The van der Waals surface area contributed by atoms with Crippen LogP contribution >= 0.6 is 0 Å². The van der Waals surface area contributed by atoms with Gasteiger partial charge in [0.15, 0.2) is 6.61 Å². The molecule has 6 nitrogen and oxygen atoms in total. The molecule has 5 rings (SSSR count). The van der Waals surface area contributed by atoms with Crippen molar-refractivity contribution in [3.8, 4) is 28.5 Å². The number of nitriles is 1. The van der Waals surface area contributed by atoms with Gasteiger partial charge in [0, 0.05) is 11.1 Å². The SMILES string of the molecule is N#Cc1c(NC(=O)COC(=O)[C@H]2C[C@@H]3C=C[C@H]2C3)oc(-c2ccccc2)c1-c1ccccc1. The van der Waals surface area contributed by atoms with Crippen molar-refractivity contribution in [1.82, 2.24) is 0 Å². The minimum absolute atomic E-state index is 0.0408. The summed E-state index contributed by atoms with van der Waals surface area (Å²) >= 11 is 0. The largest absolute Gasteiger partial charge is 0.455 e. The van der Waals surface area contributed by atoms with Gasteiger partial charge in [-0.15, -0.1) is 0 Å². The molecule has 0 unspecified atom stereocenters. The maximum Gasteiger partial charge on any atom is 0.310 e. The average molecular weight is 438 g/mol. The van der Waals surface area contributed by atoms with Gasteiger partial charge in [-0.25, -0.2) is 0 Å². The standard InChI is InChI=1S/C27H22N2O4/c28-15-22-24(18-7-3-1-4-8-18)25(19-9-5-2-6-10-19)33-26(22)29-23(30)16-32-27(31)21-14-17-11-12-20(21)13-17/h1-12,17,20-21H,13-14,16H2,(H,29,30)/t17-,20+,21+/m1/s1. The Bertz CT molecular complexity index is 1250. The van der Waals surface area contributed by atoms with Crippen LogP contribution in [0.4, 0.5) is 5.88 Å². The Hall–Kier alpha value is -4.11. The number of nitrogens with one attached hydrogen (secondary N) is 1. The van der Waals surface area contributed by atoms with Crippen molar-refractivity contribution in [3.05, 3.63) is 78.4 Å². The summed E-state index contributed by atoms with van der Waals surface area (Å²) in [5.41, 5.74) is 2.40. The van der Waals surface area contributed by atoms with E-state index in [1.807, 2.05) is 60.7 Å². The average Bonchev–Trinajstić information content (AvgIpc) is 3.58. The van der Waals surface area contributed by atoms with E-state index in [1.54, 1.807) is 0 Å². The number of hydrogen-bond donors (Lipinski definition) is 1. The Labute approximate surface area is 191 Å². The summed E-state index contributed by atoms with van der Waals surface area (Å²) in [6.07, 6.45) is 5.97. The lowest BCUT2D eigenvalue weighted by Gasteiger charge is -2.16. The molecule has 3 atom stereocenters. The van der Waals surface area contributed by atoms with Gasteiger partial charge in [-0.1, -0.05) is 72.8 Å². The third-order valence-electron chi connectivity index (χ3n) is 6.30. The van der Waals surface area contributed by atoms with Crippen LogP contribution in [-0.2, 0) is 14.3 Å². The van der Waals surface area contributed by atoms with Crippen molar-refractivity contribution >= 4 is 17.8 Å². The first-order valence-corrected chi connectivity index (χ1v) is 11.0. The Morgan fingerprint density at radius 3 is 2.30 bits per heavy atom. The highest BCUT2D eigenvalue weighted by atomic mass is 16.5. The highest BCUT2D eigenvalue weighted by molar-refractivity contribution is 5.96. The van der Waals surface area contributed by atoms with Gasteiger partial charge >= 0.3 is 5.97 Å². The van der Waals surface area contributed by atoms with Gasteiger partial charge in [0.2, 0.25) is 5.88 Å².